The molecule has 0 atom stereocenters. The average molecular weight is 601 g/mol. The molecule has 0 aliphatic heterocycles. The smallest absolute Gasteiger partial charge is 0.266 e. The largest absolute Gasteiger partial charge is 0.496 e. The number of methoxy groups -OCH3 is 1. The van der Waals surface area contributed by atoms with Gasteiger partial charge in [-0.1, -0.05) is 49.9 Å². The highest BCUT2D eigenvalue weighted by Crippen LogP contribution is 2.40. The summed E-state index contributed by atoms with van der Waals surface area (Å²) in [5.41, 5.74) is 3.12. The van der Waals surface area contributed by atoms with Crippen LogP contribution in [0.1, 0.15) is 73.2 Å². The lowest BCUT2D eigenvalue weighted by Gasteiger charge is -2.34. The number of hydrogen-bond donors (Lipinski definition) is 1. The van der Waals surface area contributed by atoms with Crippen LogP contribution in [0.15, 0.2) is 48.1 Å². The van der Waals surface area contributed by atoms with E-state index in [1.54, 1.807) is 26.0 Å². The number of ether oxygens (including phenoxy) is 1. The van der Waals surface area contributed by atoms with E-state index in [9.17, 15) is 18.4 Å². The highest BCUT2D eigenvalue weighted by molar-refractivity contribution is 7.21. The lowest BCUT2D eigenvalue weighted by Crippen LogP contribution is -2.40. The second-order valence-electron chi connectivity index (χ2n) is 10.2. The third-order valence-corrected chi connectivity index (χ3v) is 9.16. The summed E-state index contributed by atoms with van der Waals surface area (Å²) < 4.78 is 34.9. The molecule has 0 saturated heterocycles. The van der Waals surface area contributed by atoms with Gasteiger partial charge >= 0.3 is 0 Å². The molecule has 5 nitrogen and oxygen atoms in total. The number of nitrogens with one attached hydrogen (secondary N) is 1. The third-order valence-electron chi connectivity index (χ3n) is 7.49. The Hall–Kier alpha value is -3.23. The van der Waals surface area contributed by atoms with Gasteiger partial charge in [0.05, 0.1) is 22.2 Å². The summed E-state index contributed by atoms with van der Waals surface area (Å²) in [6, 6.07) is 7.79. The molecule has 218 valence electrons. The summed E-state index contributed by atoms with van der Waals surface area (Å²) in [6.45, 7) is 4.02. The SMILES string of the molecule is CC/C=C(\C=C(/C)C(=O)NC)c1ccc(OC)c(CN(C(=O)c2sc3c(F)ccc(F)c3c2Cl)C2CCCCC2)c1. The molecule has 2 aromatic carbocycles. The number of hydrogen-bond acceptors (Lipinski definition) is 4. The molecule has 0 spiro atoms. The van der Waals surface area contributed by atoms with Crippen LogP contribution < -0.4 is 10.1 Å². The minimum atomic E-state index is -0.657. The van der Waals surface area contributed by atoms with Crippen molar-refractivity contribution >= 4 is 50.4 Å². The Bertz CT molecular complexity index is 1510. The molecule has 1 saturated carbocycles. The first-order valence-corrected chi connectivity index (χ1v) is 15.0. The molecule has 1 aromatic heterocycles. The molecule has 0 radical (unpaired) electrons. The van der Waals surface area contributed by atoms with Crippen LogP contribution in [0.4, 0.5) is 8.78 Å². The Kier molecular flexibility index (Phi) is 10.2. The van der Waals surface area contributed by atoms with E-state index in [0.717, 1.165) is 78.7 Å². The minimum Gasteiger partial charge on any atom is -0.496 e. The molecule has 41 heavy (non-hydrogen) atoms. The average Bonchev–Trinajstić information content (AvgIpc) is 3.35. The summed E-state index contributed by atoms with van der Waals surface area (Å²) in [5.74, 6) is -1.17. The van der Waals surface area contributed by atoms with Crippen molar-refractivity contribution in [3.05, 3.63) is 80.7 Å². The zero-order valence-electron chi connectivity index (χ0n) is 23.8. The first kappa shape index (κ1) is 30.7. The van der Waals surface area contributed by atoms with Crippen molar-refractivity contribution < 1.29 is 23.1 Å². The van der Waals surface area contributed by atoms with Crippen molar-refractivity contribution in [3.8, 4) is 5.75 Å². The predicted molar refractivity (Wildman–Crippen MR) is 163 cm³/mol. The zero-order chi connectivity index (χ0) is 29.7. The first-order chi connectivity index (χ1) is 19.7. The quantitative estimate of drug-likeness (QED) is 0.198. The van der Waals surface area contributed by atoms with Crippen molar-refractivity contribution in [3.63, 3.8) is 0 Å². The number of likely N-dealkylation sites (N-methyl/N-ethyl adjacent to an activating group) is 1. The van der Waals surface area contributed by atoms with Gasteiger partial charge in [-0.25, -0.2) is 8.78 Å². The van der Waals surface area contributed by atoms with Gasteiger partial charge in [-0.3, -0.25) is 9.59 Å². The van der Waals surface area contributed by atoms with Gasteiger partial charge in [0, 0.05) is 30.8 Å². The van der Waals surface area contributed by atoms with E-state index in [4.69, 9.17) is 16.3 Å². The number of rotatable bonds is 9. The van der Waals surface area contributed by atoms with E-state index in [-0.39, 0.29) is 44.4 Å². The van der Waals surface area contributed by atoms with Gasteiger partial charge < -0.3 is 15.0 Å². The molecule has 2 amide bonds. The van der Waals surface area contributed by atoms with E-state index in [0.29, 0.717) is 11.3 Å². The van der Waals surface area contributed by atoms with Crippen molar-refractivity contribution in [2.45, 2.75) is 65.0 Å². The minimum absolute atomic E-state index is 0.0362. The molecule has 1 N–H and O–H groups in total. The van der Waals surface area contributed by atoms with E-state index in [1.807, 2.05) is 37.3 Å². The first-order valence-electron chi connectivity index (χ1n) is 13.8. The van der Waals surface area contributed by atoms with E-state index < -0.39 is 11.6 Å². The number of nitrogens with zero attached hydrogens (tertiary/aromatic N) is 1. The van der Waals surface area contributed by atoms with Crippen LogP contribution in [0.25, 0.3) is 15.7 Å². The number of allylic oxidation sites excluding steroid dienone is 3. The van der Waals surface area contributed by atoms with Crippen molar-refractivity contribution in [1.82, 2.24) is 10.2 Å². The highest BCUT2D eigenvalue weighted by atomic mass is 35.5. The van der Waals surface area contributed by atoms with Gasteiger partial charge in [0.25, 0.3) is 5.91 Å². The molecular weight excluding hydrogens is 566 g/mol. The zero-order valence-corrected chi connectivity index (χ0v) is 25.4. The van der Waals surface area contributed by atoms with E-state index in [1.165, 1.54) is 0 Å². The summed E-state index contributed by atoms with van der Waals surface area (Å²) in [5, 5.41) is 2.53. The molecule has 4 rings (SSSR count). The van der Waals surface area contributed by atoms with E-state index in [2.05, 4.69) is 5.32 Å². The number of amides is 2. The molecule has 1 heterocycles. The molecule has 0 bridgehead atoms. The number of benzene rings is 2. The maximum absolute atomic E-state index is 14.6. The van der Waals surface area contributed by atoms with Crippen LogP contribution in [0.3, 0.4) is 0 Å². The fraction of sp³-hybridized carbons (Fsp3) is 0.375. The maximum Gasteiger partial charge on any atom is 0.266 e. The second kappa shape index (κ2) is 13.6. The lowest BCUT2D eigenvalue weighted by molar-refractivity contribution is -0.116. The third kappa shape index (κ3) is 6.65. The van der Waals surface area contributed by atoms with Crippen LogP contribution in [0.2, 0.25) is 5.02 Å². The van der Waals surface area contributed by atoms with Gasteiger partial charge in [-0.05, 0) is 67.7 Å². The number of fused-ring (bicyclic) bond motifs is 1. The van der Waals surface area contributed by atoms with Crippen molar-refractivity contribution in [2.75, 3.05) is 14.2 Å². The monoisotopic (exact) mass is 600 g/mol. The highest BCUT2D eigenvalue weighted by Gasteiger charge is 2.31. The maximum atomic E-state index is 14.6. The molecular formula is C32H35ClF2N2O3S. The number of thiophene rings is 1. The fourth-order valence-corrected chi connectivity index (χ4v) is 6.87. The van der Waals surface area contributed by atoms with Crippen LogP contribution >= 0.6 is 22.9 Å². The Morgan fingerprint density at radius 3 is 2.49 bits per heavy atom. The molecule has 1 aliphatic rings. The van der Waals surface area contributed by atoms with Gasteiger partial charge in [0.2, 0.25) is 5.91 Å². The normalized spacial score (nSPS) is 14.8. The second-order valence-corrected chi connectivity index (χ2v) is 11.6. The molecule has 9 heteroatoms. The summed E-state index contributed by atoms with van der Waals surface area (Å²) in [4.78, 5) is 28.2. The van der Waals surface area contributed by atoms with Crippen LogP contribution in [-0.2, 0) is 11.3 Å². The Morgan fingerprint density at radius 2 is 1.85 bits per heavy atom. The van der Waals surface area contributed by atoms with Crippen LogP contribution in [0.5, 0.6) is 5.75 Å². The van der Waals surface area contributed by atoms with Gasteiger partial charge in [0.15, 0.2) is 0 Å². The molecule has 3 aromatic rings. The summed E-state index contributed by atoms with van der Waals surface area (Å²) in [7, 11) is 3.18. The molecule has 1 aliphatic carbocycles. The standard InChI is InChI=1S/C32H35ClF2N2O3S/c1-5-9-20(16-19(2)31(38)36-3)21-12-15-26(40-4)22(17-21)18-37(23-10-7-6-8-11-23)32(39)30-28(33)27-24(34)13-14-25(35)29(27)41-30/h9,12-17,23H,5-8,10-11,18H2,1-4H3,(H,36,38)/b19-16+,20-9+. The Labute approximate surface area is 248 Å². The topological polar surface area (TPSA) is 58.6 Å². The van der Waals surface area contributed by atoms with Gasteiger partial charge in [0.1, 0.15) is 22.3 Å². The lowest BCUT2D eigenvalue weighted by atomic mass is 9.93. The number of carbonyl (C=O) groups is 2. The summed E-state index contributed by atoms with van der Waals surface area (Å²) >= 11 is 7.43. The number of halogens is 3. The fourth-order valence-electron chi connectivity index (χ4n) is 5.37. The van der Waals surface area contributed by atoms with E-state index >= 15 is 0 Å². The molecule has 0 unspecified atom stereocenters. The predicted octanol–water partition coefficient (Wildman–Crippen LogP) is 8.30. The Morgan fingerprint density at radius 1 is 1.15 bits per heavy atom. The van der Waals surface area contributed by atoms with Crippen LogP contribution in [-0.4, -0.2) is 36.9 Å². The van der Waals surface area contributed by atoms with Crippen LogP contribution in [0, 0.1) is 11.6 Å². The van der Waals surface area contributed by atoms with Gasteiger partial charge in [-0.15, -0.1) is 11.3 Å². The van der Waals surface area contributed by atoms with Gasteiger partial charge in [-0.2, -0.15) is 0 Å². The Balaban J connectivity index is 1.78. The van der Waals surface area contributed by atoms with Crippen molar-refractivity contribution in [2.24, 2.45) is 0 Å². The summed E-state index contributed by atoms with van der Waals surface area (Å²) in [6.07, 6.45) is 9.38. The molecule has 1 fully saturated rings. The van der Waals surface area contributed by atoms with Crippen molar-refractivity contribution in [1.29, 1.82) is 0 Å². The number of carbonyl (C=O) groups excluding carboxylic acids is 2.